The number of pyridine rings is 2. The van der Waals surface area contributed by atoms with E-state index in [1.54, 1.807) is 48.5 Å². The molecule has 0 atom stereocenters. The molecule has 2 amide bonds. The summed E-state index contributed by atoms with van der Waals surface area (Å²) in [6.07, 6.45) is 6.90. The fraction of sp³-hybridized carbons (Fsp3) is 0.300. The summed E-state index contributed by atoms with van der Waals surface area (Å²) in [6.45, 7) is 4.80. The lowest BCUT2D eigenvalue weighted by atomic mass is 10.1. The zero-order valence-electron chi connectivity index (χ0n) is 16.5. The van der Waals surface area contributed by atoms with E-state index in [9.17, 15) is 4.79 Å². The first-order valence-corrected chi connectivity index (χ1v) is 8.91. The molecule has 0 aliphatic rings. The molecule has 0 aromatic carbocycles. The number of aryl methyl sites for hydroxylation is 1. The van der Waals surface area contributed by atoms with Gasteiger partial charge in [0.05, 0.1) is 43.5 Å². The van der Waals surface area contributed by atoms with E-state index in [1.807, 2.05) is 32.0 Å². The zero-order valence-corrected chi connectivity index (χ0v) is 16.5. The van der Waals surface area contributed by atoms with Crippen molar-refractivity contribution >= 4 is 11.7 Å². The highest BCUT2D eigenvalue weighted by Gasteiger charge is 2.15. The summed E-state index contributed by atoms with van der Waals surface area (Å²) in [6, 6.07) is 5.49. The SMILES string of the molecule is COc1c(C)cnc(CN(C)C(=O)Nc2cnn(Cc3ccccn3)c2)c1C. The van der Waals surface area contributed by atoms with Crippen molar-refractivity contribution in [2.24, 2.45) is 0 Å². The Balaban J connectivity index is 1.62. The van der Waals surface area contributed by atoms with Crippen LogP contribution in [0.2, 0.25) is 0 Å². The molecule has 0 radical (unpaired) electrons. The van der Waals surface area contributed by atoms with E-state index >= 15 is 0 Å². The van der Waals surface area contributed by atoms with Gasteiger partial charge in [0.25, 0.3) is 0 Å². The van der Waals surface area contributed by atoms with Crippen LogP contribution in [0, 0.1) is 13.8 Å². The normalized spacial score (nSPS) is 10.6. The molecule has 0 aliphatic heterocycles. The van der Waals surface area contributed by atoms with Gasteiger partial charge in [-0.2, -0.15) is 5.10 Å². The number of methoxy groups -OCH3 is 1. The number of nitrogens with zero attached hydrogens (tertiary/aromatic N) is 5. The molecule has 3 heterocycles. The molecule has 3 rings (SSSR count). The van der Waals surface area contributed by atoms with Gasteiger partial charge in [-0.15, -0.1) is 0 Å². The monoisotopic (exact) mass is 380 g/mol. The lowest BCUT2D eigenvalue weighted by Gasteiger charge is -2.19. The molecule has 0 bridgehead atoms. The number of carbonyl (C=O) groups is 1. The van der Waals surface area contributed by atoms with Crippen LogP contribution in [0.3, 0.4) is 0 Å². The van der Waals surface area contributed by atoms with E-state index in [2.05, 4.69) is 20.4 Å². The summed E-state index contributed by atoms with van der Waals surface area (Å²) >= 11 is 0. The van der Waals surface area contributed by atoms with Gasteiger partial charge in [0, 0.05) is 36.8 Å². The fourth-order valence-corrected chi connectivity index (χ4v) is 2.92. The van der Waals surface area contributed by atoms with Crippen molar-refractivity contribution in [1.29, 1.82) is 0 Å². The minimum absolute atomic E-state index is 0.238. The third-order valence-corrected chi connectivity index (χ3v) is 4.42. The van der Waals surface area contributed by atoms with E-state index in [4.69, 9.17) is 4.74 Å². The van der Waals surface area contributed by atoms with Gasteiger partial charge in [-0.3, -0.25) is 14.6 Å². The van der Waals surface area contributed by atoms with Crippen LogP contribution in [0.4, 0.5) is 10.5 Å². The van der Waals surface area contributed by atoms with Gasteiger partial charge in [0.2, 0.25) is 0 Å². The maximum atomic E-state index is 12.5. The molecule has 0 aliphatic carbocycles. The number of urea groups is 1. The second kappa shape index (κ2) is 8.51. The lowest BCUT2D eigenvalue weighted by Crippen LogP contribution is -2.31. The van der Waals surface area contributed by atoms with E-state index in [-0.39, 0.29) is 6.03 Å². The summed E-state index contributed by atoms with van der Waals surface area (Å²) in [5, 5.41) is 7.12. The molecular formula is C20H24N6O2. The molecule has 3 aromatic rings. The second-order valence-electron chi connectivity index (χ2n) is 6.58. The Bertz CT molecular complexity index is 955. The molecule has 28 heavy (non-hydrogen) atoms. The van der Waals surface area contributed by atoms with Gasteiger partial charge in [-0.25, -0.2) is 4.79 Å². The molecule has 146 valence electrons. The molecule has 1 N–H and O–H groups in total. The molecule has 3 aromatic heterocycles. The molecule has 0 spiro atoms. The number of anilines is 1. The van der Waals surface area contributed by atoms with Crippen LogP contribution in [0.25, 0.3) is 0 Å². The summed E-state index contributed by atoms with van der Waals surface area (Å²) in [5.41, 5.74) is 4.22. The number of hydrogen-bond acceptors (Lipinski definition) is 5. The maximum absolute atomic E-state index is 12.5. The topological polar surface area (TPSA) is 85.2 Å². The van der Waals surface area contributed by atoms with Crippen molar-refractivity contribution in [3.8, 4) is 5.75 Å². The first kappa shape index (κ1) is 19.3. The van der Waals surface area contributed by atoms with E-state index < -0.39 is 0 Å². The Kier molecular flexibility index (Phi) is 5.88. The van der Waals surface area contributed by atoms with Crippen LogP contribution < -0.4 is 10.1 Å². The predicted molar refractivity (Wildman–Crippen MR) is 106 cm³/mol. The third-order valence-electron chi connectivity index (χ3n) is 4.42. The number of amides is 2. The number of ether oxygens (including phenoxy) is 1. The standard InChI is InChI=1S/C20H24N6O2/c1-14-9-22-18(15(2)19(14)28-4)13-25(3)20(27)24-17-10-23-26(12-17)11-16-7-5-6-8-21-16/h5-10,12H,11,13H2,1-4H3,(H,24,27). The minimum atomic E-state index is -0.238. The maximum Gasteiger partial charge on any atom is 0.322 e. The number of carbonyl (C=O) groups excluding carboxylic acids is 1. The molecule has 0 saturated heterocycles. The van der Waals surface area contributed by atoms with Gasteiger partial charge >= 0.3 is 6.03 Å². The Hall–Kier alpha value is -3.42. The summed E-state index contributed by atoms with van der Waals surface area (Å²) in [4.78, 5) is 22.8. The third kappa shape index (κ3) is 4.46. The Labute approximate surface area is 164 Å². The first-order chi connectivity index (χ1) is 13.5. The highest BCUT2D eigenvalue weighted by Crippen LogP contribution is 2.24. The zero-order chi connectivity index (χ0) is 20.1. The van der Waals surface area contributed by atoms with Crippen molar-refractivity contribution in [3.63, 3.8) is 0 Å². The largest absolute Gasteiger partial charge is 0.496 e. The van der Waals surface area contributed by atoms with Crippen LogP contribution in [0.1, 0.15) is 22.5 Å². The van der Waals surface area contributed by atoms with Crippen molar-refractivity contribution in [1.82, 2.24) is 24.6 Å². The first-order valence-electron chi connectivity index (χ1n) is 8.91. The smallest absolute Gasteiger partial charge is 0.322 e. The van der Waals surface area contributed by atoms with Crippen LogP contribution in [-0.2, 0) is 13.1 Å². The van der Waals surface area contributed by atoms with Crippen LogP contribution in [0.5, 0.6) is 5.75 Å². The van der Waals surface area contributed by atoms with Gasteiger partial charge in [-0.05, 0) is 26.0 Å². The van der Waals surface area contributed by atoms with Crippen LogP contribution in [0.15, 0.2) is 43.0 Å². The predicted octanol–water partition coefficient (Wildman–Crippen LogP) is 3.01. The van der Waals surface area contributed by atoms with Crippen molar-refractivity contribution in [3.05, 3.63) is 65.5 Å². The summed E-state index contributed by atoms with van der Waals surface area (Å²) < 4.78 is 7.16. The molecule has 8 heteroatoms. The number of aromatic nitrogens is 4. The van der Waals surface area contributed by atoms with Crippen molar-refractivity contribution < 1.29 is 9.53 Å². The average Bonchev–Trinajstić information content (AvgIpc) is 3.12. The molecule has 0 saturated carbocycles. The second-order valence-corrected chi connectivity index (χ2v) is 6.58. The van der Waals surface area contributed by atoms with Gasteiger partial charge in [0.1, 0.15) is 5.75 Å². The fourth-order valence-electron chi connectivity index (χ4n) is 2.92. The van der Waals surface area contributed by atoms with E-state index in [0.717, 1.165) is 28.3 Å². The quantitative estimate of drug-likeness (QED) is 0.710. The van der Waals surface area contributed by atoms with Gasteiger partial charge in [0.15, 0.2) is 0 Å². The highest BCUT2D eigenvalue weighted by molar-refractivity contribution is 5.88. The lowest BCUT2D eigenvalue weighted by molar-refractivity contribution is 0.220. The minimum Gasteiger partial charge on any atom is -0.496 e. The van der Waals surface area contributed by atoms with Crippen molar-refractivity contribution in [2.75, 3.05) is 19.5 Å². The molecule has 0 fully saturated rings. The van der Waals surface area contributed by atoms with Crippen molar-refractivity contribution in [2.45, 2.75) is 26.9 Å². The van der Waals surface area contributed by atoms with Gasteiger partial charge in [-0.1, -0.05) is 6.07 Å². The Morgan fingerprint density at radius 2 is 2.07 bits per heavy atom. The van der Waals surface area contributed by atoms with Gasteiger partial charge < -0.3 is 15.0 Å². The van der Waals surface area contributed by atoms with Crippen LogP contribution in [-0.4, -0.2) is 44.8 Å². The van der Waals surface area contributed by atoms with E-state index in [0.29, 0.717) is 18.8 Å². The van der Waals surface area contributed by atoms with E-state index in [1.165, 1.54) is 0 Å². The summed E-state index contributed by atoms with van der Waals surface area (Å²) in [5.74, 6) is 0.801. The molecule has 0 unspecified atom stereocenters. The van der Waals surface area contributed by atoms with Crippen LogP contribution >= 0.6 is 0 Å². The summed E-state index contributed by atoms with van der Waals surface area (Å²) in [7, 11) is 3.36. The number of rotatable bonds is 6. The Morgan fingerprint density at radius 1 is 1.25 bits per heavy atom. The molecule has 8 nitrogen and oxygen atoms in total. The number of hydrogen-bond donors (Lipinski definition) is 1. The molecular weight excluding hydrogens is 356 g/mol. The average molecular weight is 380 g/mol. The highest BCUT2D eigenvalue weighted by atomic mass is 16.5. The number of nitrogens with one attached hydrogen (secondary N) is 1. The Morgan fingerprint density at radius 3 is 2.79 bits per heavy atom.